The Morgan fingerprint density at radius 3 is 2.33 bits per heavy atom. The van der Waals surface area contributed by atoms with Crippen molar-refractivity contribution in [3.05, 3.63) is 53.6 Å². The molecule has 5 heteroatoms. The number of nitrogens with one attached hydrogen (secondary N) is 1. The van der Waals surface area contributed by atoms with Gasteiger partial charge in [0, 0.05) is 37.6 Å². The SMILES string of the molecule is Cc1ccc(C)c(NC(=O)N2CCN(c3ccc(O)cc3)CC2)c1. The molecule has 5 nitrogen and oxygen atoms in total. The molecular formula is C19H23N3O2. The van der Waals surface area contributed by atoms with Gasteiger partial charge in [0.1, 0.15) is 5.75 Å². The highest BCUT2D eigenvalue weighted by Gasteiger charge is 2.21. The molecule has 2 aromatic rings. The Morgan fingerprint density at radius 1 is 1.00 bits per heavy atom. The van der Waals surface area contributed by atoms with Gasteiger partial charge in [0.25, 0.3) is 0 Å². The lowest BCUT2D eigenvalue weighted by Crippen LogP contribution is -2.50. The number of phenols is 1. The van der Waals surface area contributed by atoms with Crippen molar-refractivity contribution in [1.29, 1.82) is 0 Å². The largest absolute Gasteiger partial charge is 0.508 e. The number of piperazine rings is 1. The van der Waals surface area contributed by atoms with E-state index in [0.29, 0.717) is 13.1 Å². The van der Waals surface area contributed by atoms with Gasteiger partial charge in [-0.2, -0.15) is 0 Å². The van der Waals surface area contributed by atoms with Crippen LogP contribution in [0.1, 0.15) is 11.1 Å². The molecule has 1 aliphatic rings. The maximum Gasteiger partial charge on any atom is 0.321 e. The first kappa shape index (κ1) is 16.2. The van der Waals surface area contributed by atoms with Crippen LogP contribution in [0.2, 0.25) is 0 Å². The second-order valence-corrected chi connectivity index (χ2v) is 6.24. The van der Waals surface area contributed by atoms with Crippen LogP contribution in [-0.2, 0) is 0 Å². The van der Waals surface area contributed by atoms with Crippen LogP contribution in [-0.4, -0.2) is 42.2 Å². The lowest BCUT2D eigenvalue weighted by atomic mass is 10.1. The van der Waals surface area contributed by atoms with E-state index in [0.717, 1.165) is 35.6 Å². The topological polar surface area (TPSA) is 55.8 Å². The number of phenolic OH excluding ortho intramolecular Hbond substituents is 1. The zero-order chi connectivity index (χ0) is 17.1. The third-order valence-electron chi connectivity index (χ3n) is 4.42. The molecule has 0 spiro atoms. The standard InChI is InChI=1S/C19H23N3O2/c1-14-3-4-15(2)18(13-14)20-19(24)22-11-9-21(10-12-22)16-5-7-17(23)8-6-16/h3-8,13,23H,9-12H2,1-2H3,(H,20,24). The highest BCUT2D eigenvalue weighted by Crippen LogP contribution is 2.21. The van der Waals surface area contributed by atoms with E-state index in [1.165, 1.54) is 0 Å². The van der Waals surface area contributed by atoms with E-state index in [9.17, 15) is 9.90 Å². The number of carbonyl (C=O) groups is 1. The van der Waals surface area contributed by atoms with Crippen molar-refractivity contribution in [3.63, 3.8) is 0 Å². The molecule has 0 unspecified atom stereocenters. The Bertz CT molecular complexity index is 720. The second-order valence-electron chi connectivity index (χ2n) is 6.24. The number of benzene rings is 2. The molecule has 1 saturated heterocycles. The summed E-state index contributed by atoms with van der Waals surface area (Å²) in [5.74, 6) is 0.269. The van der Waals surface area contributed by atoms with Crippen molar-refractivity contribution in [2.24, 2.45) is 0 Å². The van der Waals surface area contributed by atoms with Crippen LogP contribution in [0.25, 0.3) is 0 Å². The number of carbonyl (C=O) groups excluding carboxylic acids is 1. The predicted molar refractivity (Wildman–Crippen MR) is 96.8 cm³/mol. The number of hydrogen-bond acceptors (Lipinski definition) is 3. The van der Waals surface area contributed by atoms with Gasteiger partial charge >= 0.3 is 6.03 Å². The zero-order valence-electron chi connectivity index (χ0n) is 14.1. The Morgan fingerprint density at radius 2 is 1.67 bits per heavy atom. The zero-order valence-corrected chi connectivity index (χ0v) is 14.1. The van der Waals surface area contributed by atoms with E-state index < -0.39 is 0 Å². The normalized spacial score (nSPS) is 14.6. The summed E-state index contributed by atoms with van der Waals surface area (Å²) in [7, 11) is 0. The molecule has 0 atom stereocenters. The van der Waals surface area contributed by atoms with Gasteiger partial charge in [0.2, 0.25) is 0 Å². The minimum atomic E-state index is -0.0472. The van der Waals surface area contributed by atoms with Crippen LogP contribution in [0, 0.1) is 13.8 Å². The minimum absolute atomic E-state index is 0.0472. The van der Waals surface area contributed by atoms with Crippen LogP contribution in [0.3, 0.4) is 0 Å². The highest BCUT2D eigenvalue weighted by atomic mass is 16.3. The van der Waals surface area contributed by atoms with Crippen LogP contribution in [0.5, 0.6) is 5.75 Å². The molecule has 1 aliphatic heterocycles. The molecule has 0 radical (unpaired) electrons. The van der Waals surface area contributed by atoms with E-state index in [1.807, 2.05) is 49.1 Å². The molecule has 0 aromatic heterocycles. The highest BCUT2D eigenvalue weighted by molar-refractivity contribution is 5.90. The van der Waals surface area contributed by atoms with Gasteiger partial charge in [0.15, 0.2) is 0 Å². The first-order valence-corrected chi connectivity index (χ1v) is 8.20. The molecule has 2 aromatic carbocycles. The smallest absolute Gasteiger partial charge is 0.321 e. The molecule has 2 N–H and O–H groups in total. The summed E-state index contributed by atoms with van der Waals surface area (Å²) < 4.78 is 0. The van der Waals surface area contributed by atoms with Crippen LogP contribution < -0.4 is 10.2 Å². The van der Waals surface area contributed by atoms with Crippen molar-refractivity contribution in [2.75, 3.05) is 36.4 Å². The number of hydrogen-bond donors (Lipinski definition) is 2. The number of rotatable bonds is 2. The van der Waals surface area contributed by atoms with Crippen LogP contribution in [0.15, 0.2) is 42.5 Å². The third kappa shape index (κ3) is 3.62. The molecule has 126 valence electrons. The van der Waals surface area contributed by atoms with E-state index in [4.69, 9.17) is 0 Å². The fourth-order valence-electron chi connectivity index (χ4n) is 2.90. The number of nitrogens with zero attached hydrogens (tertiary/aromatic N) is 2. The Labute approximate surface area is 142 Å². The molecule has 1 heterocycles. The summed E-state index contributed by atoms with van der Waals surface area (Å²) in [6.07, 6.45) is 0. The lowest BCUT2D eigenvalue weighted by molar-refractivity contribution is 0.208. The van der Waals surface area contributed by atoms with Gasteiger partial charge in [-0.3, -0.25) is 0 Å². The molecule has 1 fully saturated rings. The third-order valence-corrected chi connectivity index (χ3v) is 4.42. The number of aryl methyl sites for hydroxylation is 2. The lowest BCUT2D eigenvalue weighted by Gasteiger charge is -2.36. The predicted octanol–water partition coefficient (Wildman–Crippen LogP) is 3.36. The van der Waals surface area contributed by atoms with E-state index in [1.54, 1.807) is 12.1 Å². The minimum Gasteiger partial charge on any atom is -0.508 e. The number of aromatic hydroxyl groups is 1. The summed E-state index contributed by atoms with van der Waals surface area (Å²) in [6.45, 7) is 6.94. The van der Waals surface area contributed by atoms with Crippen molar-refractivity contribution in [2.45, 2.75) is 13.8 Å². The van der Waals surface area contributed by atoms with Crippen molar-refractivity contribution in [3.8, 4) is 5.75 Å². The van der Waals surface area contributed by atoms with E-state index >= 15 is 0 Å². The summed E-state index contributed by atoms with van der Waals surface area (Å²) >= 11 is 0. The Kier molecular flexibility index (Phi) is 4.60. The van der Waals surface area contributed by atoms with E-state index in [-0.39, 0.29) is 11.8 Å². The van der Waals surface area contributed by atoms with Gasteiger partial charge in [-0.15, -0.1) is 0 Å². The molecule has 3 rings (SSSR count). The van der Waals surface area contributed by atoms with Gasteiger partial charge in [-0.25, -0.2) is 4.79 Å². The van der Waals surface area contributed by atoms with Crippen molar-refractivity contribution >= 4 is 17.4 Å². The Balaban J connectivity index is 1.59. The second kappa shape index (κ2) is 6.83. The number of anilines is 2. The van der Waals surface area contributed by atoms with Gasteiger partial charge in [0.05, 0.1) is 0 Å². The summed E-state index contributed by atoms with van der Waals surface area (Å²) in [5.41, 5.74) is 4.15. The van der Waals surface area contributed by atoms with Crippen molar-refractivity contribution in [1.82, 2.24) is 4.90 Å². The average Bonchev–Trinajstić information content (AvgIpc) is 2.59. The van der Waals surface area contributed by atoms with Gasteiger partial charge in [-0.05, 0) is 55.3 Å². The molecule has 24 heavy (non-hydrogen) atoms. The summed E-state index contributed by atoms with van der Waals surface area (Å²) in [5, 5.41) is 12.4. The maximum atomic E-state index is 12.5. The van der Waals surface area contributed by atoms with Crippen LogP contribution in [0.4, 0.5) is 16.2 Å². The number of urea groups is 1. The quantitative estimate of drug-likeness (QED) is 0.890. The molecule has 2 amide bonds. The molecule has 0 bridgehead atoms. The Hall–Kier alpha value is -2.69. The first-order chi connectivity index (χ1) is 11.5. The fourth-order valence-corrected chi connectivity index (χ4v) is 2.90. The summed E-state index contributed by atoms with van der Waals surface area (Å²) in [4.78, 5) is 16.6. The maximum absolute atomic E-state index is 12.5. The molecule has 0 aliphatic carbocycles. The molecular weight excluding hydrogens is 302 g/mol. The fraction of sp³-hybridized carbons (Fsp3) is 0.316. The van der Waals surface area contributed by atoms with Gasteiger partial charge in [-0.1, -0.05) is 12.1 Å². The first-order valence-electron chi connectivity index (χ1n) is 8.20. The van der Waals surface area contributed by atoms with Crippen molar-refractivity contribution < 1.29 is 9.90 Å². The monoisotopic (exact) mass is 325 g/mol. The summed E-state index contributed by atoms with van der Waals surface area (Å²) in [6, 6.07) is 13.2. The number of amides is 2. The average molecular weight is 325 g/mol. The van der Waals surface area contributed by atoms with Crippen LogP contribution >= 0.6 is 0 Å². The molecule has 0 saturated carbocycles. The van der Waals surface area contributed by atoms with Gasteiger partial charge < -0.3 is 20.2 Å². The van der Waals surface area contributed by atoms with E-state index in [2.05, 4.69) is 10.2 Å².